The second-order valence-electron chi connectivity index (χ2n) is 6.39. The molecule has 0 amide bonds. The third-order valence-corrected chi connectivity index (χ3v) is 3.93. The molecule has 0 fully saturated rings. The zero-order chi connectivity index (χ0) is 19.5. The third-order valence-electron chi connectivity index (χ3n) is 3.93. The van der Waals surface area contributed by atoms with Crippen LogP contribution in [-0.4, -0.2) is 33.5 Å². The molecule has 0 spiro atoms. The van der Waals surface area contributed by atoms with Gasteiger partial charge >= 0.3 is 5.97 Å². The summed E-state index contributed by atoms with van der Waals surface area (Å²) in [4.78, 5) is 10.3. The van der Waals surface area contributed by atoms with Crippen molar-refractivity contribution in [2.45, 2.75) is 83.3 Å². The maximum Gasteiger partial charge on any atom is 0.303 e. The molecule has 0 heterocycles. The maximum absolute atomic E-state index is 10.3. The predicted molar refractivity (Wildman–Crippen MR) is 108 cm³/mol. The van der Waals surface area contributed by atoms with Crippen molar-refractivity contribution in [3.63, 3.8) is 0 Å². The summed E-state index contributed by atoms with van der Waals surface area (Å²) in [5.41, 5.74) is 0. The van der Waals surface area contributed by atoms with Crippen LogP contribution in [0.1, 0.15) is 71.1 Å². The summed E-state index contributed by atoms with van der Waals surface area (Å²) in [6.45, 7) is 2.12. The van der Waals surface area contributed by atoms with Crippen molar-refractivity contribution in [2.75, 3.05) is 0 Å². The minimum atomic E-state index is -0.762. The summed E-state index contributed by atoms with van der Waals surface area (Å²) in [6.07, 6.45) is 22.5. The van der Waals surface area contributed by atoms with Gasteiger partial charge in [-0.25, -0.2) is 0 Å². The number of carboxylic acids is 1. The molecule has 0 aliphatic carbocycles. The first kappa shape index (κ1) is 24.4. The molecule has 0 aliphatic rings. The standard InChI is InChI=1S/C22H36O4/c1-2-3-14-17-20(23)21(24)18-15-12-10-8-6-4-5-7-9-11-13-16-19-22(25)26/h5-8,11-13,15,20-21,23-24H,2-4,9-10,14,16-19H2,1H3,(H,25,26)/b7-5-,8-6-,13-11-,15-12-. The van der Waals surface area contributed by atoms with Crippen LogP contribution >= 0.6 is 0 Å². The van der Waals surface area contributed by atoms with Crippen molar-refractivity contribution >= 4 is 5.97 Å². The van der Waals surface area contributed by atoms with Crippen molar-refractivity contribution in [3.05, 3.63) is 48.6 Å². The van der Waals surface area contributed by atoms with Gasteiger partial charge < -0.3 is 15.3 Å². The molecule has 148 valence electrons. The highest BCUT2D eigenvalue weighted by Crippen LogP contribution is 2.09. The smallest absolute Gasteiger partial charge is 0.303 e. The van der Waals surface area contributed by atoms with Gasteiger partial charge in [-0.1, -0.05) is 74.8 Å². The topological polar surface area (TPSA) is 77.8 Å². The molecule has 26 heavy (non-hydrogen) atoms. The van der Waals surface area contributed by atoms with E-state index < -0.39 is 18.2 Å². The molecule has 0 radical (unpaired) electrons. The number of rotatable bonds is 16. The van der Waals surface area contributed by atoms with Gasteiger partial charge in [0, 0.05) is 6.42 Å². The van der Waals surface area contributed by atoms with E-state index in [1.165, 1.54) is 0 Å². The van der Waals surface area contributed by atoms with E-state index >= 15 is 0 Å². The molecule has 0 aromatic heterocycles. The SMILES string of the molecule is CCCCCC(O)C(O)C/C=C\C/C=C\C/C=C\C/C=C\CCC(=O)O. The van der Waals surface area contributed by atoms with Gasteiger partial charge in [0.15, 0.2) is 0 Å². The number of aliphatic carboxylic acids is 1. The fourth-order valence-electron chi connectivity index (χ4n) is 2.33. The number of aliphatic hydroxyl groups excluding tert-OH is 2. The van der Waals surface area contributed by atoms with Gasteiger partial charge in [-0.2, -0.15) is 0 Å². The molecule has 4 heteroatoms. The van der Waals surface area contributed by atoms with E-state index in [9.17, 15) is 15.0 Å². The van der Waals surface area contributed by atoms with E-state index in [0.717, 1.165) is 38.5 Å². The minimum absolute atomic E-state index is 0.186. The lowest BCUT2D eigenvalue weighted by Crippen LogP contribution is -2.25. The molecule has 2 atom stereocenters. The van der Waals surface area contributed by atoms with E-state index in [1.54, 1.807) is 0 Å². The van der Waals surface area contributed by atoms with Crippen LogP contribution in [0.3, 0.4) is 0 Å². The van der Waals surface area contributed by atoms with Crippen LogP contribution in [0.15, 0.2) is 48.6 Å². The zero-order valence-corrected chi connectivity index (χ0v) is 16.1. The second kappa shape index (κ2) is 18.2. The zero-order valence-electron chi connectivity index (χ0n) is 16.1. The van der Waals surface area contributed by atoms with Gasteiger partial charge in [0.1, 0.15) is 0 Å². The normalized spacial score (nSPS) is 14.9. The molecule has 4 nitrogen and oxygen atoms in total. The van der Waals surface area contributed by atoms with Gasteiger partial charge in [-0.15, -0.1) is 0 Å². The number of aliphatic hydroxyl groups is 2. The number of carboxylic acid groups (broad SMARTS) is 1. The molecule has 0 bridgehead atoms. The second-order valence-corrected chi connectivity index (χ2v) is 6.39. The van der Waals surface area contributed by atoms with Crippen LogP contribution in [0.5, 0.6) is 0 Å². The van der Waals surface area contributed by atoms with E-state index in [2.05, 4.69) is 31.2 Å². The van der Waals surface area contributed by atoms with Crippen molar-refractivity contribution in [1.82, 2.24) is 0 Å². The molecule has 0 aliphatic heterocycles. The summed E-state index contributed by atoms with van der Waals surface area (Å²) >= 11 is 0. The first-order valence-electron chi connectivity index (χ1n) is 9.75. The van der Waals surface area contributed by atoms with Crippen LogP contribution in [0.2, 0.25) is 0 Å². The number of hydrogen-bond acceptors (Lipinski definition) is 3. The summed E-state index contributed by atoms with van der Waals surface area (Å²) in [5, 5.41) is 28.2. The summed E-state index contributed by atoms with van der Waals surface area (Å²) in [5.74, 6) is -0.762. The average molecular weight is 365 g/mol. The van der Waals surface area contributed by atoms with Crippen molar-refractivity contribution in [3.8, 4) is 0 Å². The highest BCUT2D eigenvalue weighted by atomic mass is 16.4. The van der Waals surface area contributed by atoms with Gasteiger partial charge in [-0.05, 0) is 38.5 Å². The number of allylic oxidation sites excluding steroid dienone is 7. The Kier molecular flexibility index (Phi) is 17.0. The summed E-state index contributed by atoms with van der Waals surface area (Å²) in [6, 6.07) is 0. The van der Waals surface area contributed by atoms with Crippen LogP contribution in [0.25, 0.3) is 0 Å². The monoisotopic (exact) mass is 364 g/mol. The molecule has 0 aromatic rings. The van der Waals surface area contributed by atoms with E-state index in [-0.39, 0.29) is 6.42 Å². The van der Waals surface area contributed by atoms with Crippen molar-refractivity contribution in [2.24, 2.45) is 0 Å². The van der Waals surface area contributed by atoms with Crippen molar-refractivity contribution < 1.29 is 20.1 Å². The Morgan fingerprint density at radius 3 is 1.88 bits per heavy atom. The van der Waals surface area contributed by atoms with Crippen LogP contribution in [-0.2, 0) is 4.79 Å². The summed E-state index contributed by atoms with van der Waals surface area (Å²) in [7, 11) is 0. The fraction of sp³-hybridized carbons (Fsp3) is 0.591. The summed E-state index contributed by atoms with van der Waals surface area (Å²) < 4.78 is 0. The van der Waals surface area contributed by atoms with E-state index in [4.69, 9.17) is 5.11 Å². The first-order chi connectivity index (χ1) is 12.6. The molecule has 0 aromatic carbocycles. The molecular formula is C22H36O4. The first-order valence-corrected chi connectivity index (χ1v) is 9.75. The maximum atomic E-state index is 10.3. The average Bonchev–Trinajstić information content (AvgIpc) is 2.61. The van der Waals surface area contributed by atoms with Gasteiger partial charge in [0.2, 0.25) is 0 Å². The molecule has 2 unspecified atom stereocenters. The fourth-order valence-corrected chi connectivity index (χ4v) is 2.33. The highest BCUT2D eigenvalue weighted by Gasteiger charge is 2.13. The Hall–Kier alpha value is -1.65. The molecule has 0 rings (SSSR count). The highest BCUT2D eigenvalue weighted by molar-refractivity contribution is 5.66. The van der Waals surface area contributed by atoms with E-state index in [1.807, 2.05) is 24.3 Å². The Bertz CT molecular complexity index is 449. The quantitative estimate of drug-likeness (QED) is 0.268. The Balaban J connectivity index is 3.65. The minimum Gasteiger partial charge on any atom is -0.481 e. The van der Waals surface area contributed by atoms with Crippen molar-refractivity contribution in [1.29, 1.82) is 0 Å². The number of unbranched alkanes of at least 4 members (excludes halogenated alkanes) is 2. The third kappa shape index (κ3) is 17.2. The molecule has 0 saturated carbocycles. The Morgan fingerprint density at radius 2 is 1.35 bits per heavy atom. The Labute approximate surface area is 158 Å². The van der Waals surface area contributed by atoms with Gasteiger partial charge in [0.25, 0.3) is 0 Å². The molecule has 3 N–H and O–H groups in total. The molecule has 0 saturated heterocycles. The van der Waals surface area contributed by atoms with Crippen LogP contribution < -0.4 is 0 Å². The lowest BCUT2D eigenvalue weighted by molar-refractivity contribution is -0.136. The number of carbonyl (C=O) groups is 1. The van der Waals surface area contributed by atoms with Crippen LogP contribution in [0, 0.1) is 0 Å². The largest absolute Gasteiger partial charge is 0.481 e. The van der Waals surface area contributed by atoms with Crippen LogP contribution in [0.4, 0.5) is 0 Å². The molecular weight excluding hydrogens is 328 g/mol. The van der Waals surface area contributed by atoms with E-state index in [0.29, 0.717) is 19.3 Å². The number of hydrogen-bond donors (Lipinski definition) is 3. The lowest BCUT2D eigenvalue weighted by atomic mass is 10.0. The predicted octanol–water partition coefficient (Wildman–Crippen LogP) is 4.94. The lowest BCUT2D eigenvalue weighted by Gasteiger charge is -2.15. The Morgan fingerprint density at radius 1 is 0.808 bits per heavy atom. The van der Waals surface area contributed by atoms with Gasteiger partial charge in [-0.3, -0.25) is 4.79 Å². The van der Waals surface area contributed by atoms with Gasteiger partial charge in [0.05, 0.1) is 12.2 Å².